The SMILES string of the molecule is CCOC(=O)Cc1ccccc1OCc1coc2c(-c3cccc(CN)c3)cc(Cl)cc12. The summed E-state index contributed by atoms with van der Waals surface area (Å²) in [6.45, 7) is 2.87. The molecule has 0 aliphatic rings. The van der Waals surface area contributed by atoms with Crippen molar-refractivity contribution in [3.05, 3.63) is 88.6 Å². The van der Waals surface area contributed by atoms with Crippen molar-refractivity contribution in [2.24, 2.45) is 5.73 Å². The maximum atomic E-state index is 11.9. The molecule has 1 aromatic heterocycles. The number of carbonyl (C=O) groups is 1. The van der Waals surface area contributed by atoms with Crippen LogP contribution >= 0.6 is 11.6 Å². The van der Waals surface area contributed by atoms with Crippen molar-refractivity contribution < 1.29 is 18.7 Å². The van der Waals surface area contributed by atoms with Crippen LogP contribution in [0.4, 0.5) is 0 Å². The summed E-state index contributed by atoms with van der Waals surface area (Å²) in [5.74, 6) is 0.348. The number of benzene rings is 3. The van der Waals surface area contributed by atoms with E-state index < -0.39 is 0 Å². The largest absolute Gasteiger partial charge is 0.488 e. The lowest BCUT2D eigenvalue weighted by atomic mass is 10.0. The minimum absolute atomic E-state index is 0.156. The summed E-state index contributed by atoms with van der Waals surface area (Å²) in [6, 6.07) is 19.2. The molecule has 32 heavy (non-hydrogen) atoms. The molecule has 0 radical (unpaired) electrons. The Morgan fingerprint density at radius 3 is 2.72 bits per heavy atom. The zero-order valence-electron chi connectivity index (χ0n) is 17.8. The molecular formula is C26H24ClNO4. The van der Waals surface area contributed by atoms with E-state index in [1.165, 1.54) is 0 Å². The van der Waals surface area contributed by atoms with Gasteiger partial charge >= 0.3 is 5.97 Å². The molecule has 164 valence electrons. The second kappa shape index (κ2) is 9.90. The highest BCUT2D eigenvalue weighted by atomic mass is 35.5. The first-order chi connectivity index (χ1) is 15.6. The van der Waals surface area contributed by atoms with Gasteiger partial charge in [-0.05, 0) is 42.3 Å². The van der Waals surface area contributed by atoms with E-state index in [4.69, 9.17) is 31.2 Å². The van der Waals surface area contributed by atoms with Crippen LogP contribution in [0.3, 0.4) is 0 Å². The third kappa shape index (κ3) is 4.79. The normalized spacial score (nSPS) is 11.0. The van der Waals surface area contributed by atoms with Gasteiger partial charge in [-0.25, -0.2) is 0 Å². The molecule has 5 nitrogen and oxygen atoms in total. The van der Waals surface area contributed by atoms with Crippen LogP contribution in [0.1, 0.15) is 23.6 Å². The minimum Gasteiger partial charge on any atom is -0.488 e. The zero-order chi connectivity index (χ0) is 22.5. The molecule has 3 aromatic carbocycles. The molecule has 0 spiro atoms. The van der Waals surface area contributed by atoms with Crippen LogP contribution in [0.2, 0.25) is 5.02 Å². The fourth-order valence-electron chi connectivity index (χ4n) is 3.66. The molecule has 0 aliphatic heterocycles. The quantitative estimate of drug-likeness (QED) is 0.339. The number of esters is 1. The number of furan rings is 1. The second-order valence-corrected chi connectivity index (χ2v) is 7.81. The smallest absolute Gasteiger partial charge is 0.310 e. The fraction of sp³-hybridized carbons (Fsp3) is 0.192. The molecule has 0 amide bonds. The molecule has 2 N–H and O–H groups in total. The monoisotopic (exact) mass is 449 g/mol. The van der Waals surface area contributed by atoms with Crippen LogP contribution < -0.4 is 10.5 Å². The summed E-state index contributed by atoms with van der Waals surface area (Å²) in [4.78, 5) is 11.9. The Bertz CT molecular complexity index is 1250. The number of nitrogens with two attached hydrogens (primary N) is 1. The molecular weight excluding hydrogens is 426 g/mol. The predicted molar refractivity (Wildman–Crippen MR) is 126 cm³/mol. The average Bonchev–Trinajstić information content (AvgIpc) is 3.20. The fourth-order valence-corrected chi connectivity index (χ4v) is 3.88. The van der Waals surface area contributed by atoms with Crippen molar-refractivity contribution in [2.75, 3.05) is 6.61 Å². The third-order valence-corrected chi connectivity index (χ3v) is 5.41. The van der Waals surface area contributed by atoms with Gasteiger partial charge in [0.05, 0.1) is 19.3 Å². The Morgan fingerprint density at radius 2 is 1.91 bits per heavy atom. The molecule has 0 saturated carbocycles. The summed E-state index contributed by atoms with van der Waals surface area (Å²) in [5.41, 5.74) is 11.1. The van der Waals surface area contributed by atoms with E-state index >= 15 is 0 Å². The van der Waals surface area contributed by atoms with Crippen LogP contribution in [-0.2, 0) is 29.1 Å². The molecule has 0 fully saturated rings. The van der Waals surface area contributed by atoms with Gasteiger partial charge in [-0.1, -0.05) is 48.0 Å². The molecule has 0 bridgehead atoms. The average molecular weight is 450 g/mol. The first kappa shape index (κ1) is 21.9. The van der Waals surface area contributed by atoms with Crippen molar-refractivity contribution in [3.8, 4) is 16.9 Å². The number of hydrogen-bond acceptors (Lipinski definition) is 5. The number of ether oxygens (including phenoxy) is 2. The molecule has 4 aromatic rings. The Kier molecular flexibility index (Phi) is 6.78. The Labute approximate surface area is 191 Å². The number of carbonyl (C=O) groups excluding carboxylic acids is 1. The highest BCUT2D eigenvalue weighted by molar-refractivity contribution is 6.32. The van der Waals surface area contributed by atoms with E-state index in [2.05, 4.69) is 0 Å². The lowest BCUT2D eigenvalue weighted by molar-refractivity contribution is -0.142. The first-order valence-corrected chi connectivity index (χ1v) is 10.8. The lowest BCUT2D eigenvalue weighted by Crippen LogP contribution is -2.09. The lowest BCUT2D eigenvalue weighted by Gasteiger charge is -2.11. The van der Waals surface area contributed by atoms with Crippen LogP contribution in [0.5, 0.6) is 5.75 Å². The van der Waals surface area contributed by atoms with Crippen LogP contribution in [-0.4, -0.2) is 12.6 Å². The van der Waals surface area contributed by atoms with E-state index in [9.17, 15) is 4.79 Å². The summed E-state index contributed by atoms with van der Waals surface area (Å²) in [7, 11) is 0. The molecule has 0 aliphatic carbocycles. The van der Waals surface area contributed by atoms with Crippen LogP contribution in [0, 0.1) is 0 Å². The molecule has 4 rings (SSSR count). The highest BCUT2D eigenvalue weighted by Gasteiger charge is 2.15. The van der Waals surface area contributed by atoms with Gasteiger partial charge < -0.3 is 19.6 Å². The van der Waals surface area contributed by atoms with Crippen molar-refractivity contribution >= 4 is 28.5 Å². The number of para-hydroxylation sites is 1. The zero-order valence-corrected chi connectivity index (χ0v) is 18.5. The van der Waals surface area contributed by atoms with Gasteiger partial charge in [-0.2, -0.15) is 0 Å². The van der Waals surface area contributed by atoms with Crippen molar-refractivity contribution in [1.29, 1.82) is 0 Å². The molecule has 0 saturated heterocycles. The number of halogens is 1. The van der Waals surface area contributed by atoms with Gasteiger partial charge in [0.2, 0.25) is 0 Å². The minimum atomic E-state index is -0.284. The second-order valence-electron chi connectivity index (χ2n) is 7.37. The van der Waals surface area contributed by atoms with Crippen molar-refractivity contribution in [1.82, 2.24) is 0 Å². The topological polar surface area (TPSA) is 74.7 Å². The maximum absolute atomic E-state index is 11.9. The summed E-state index contributed by atoms with van der Waals surface area (Å²) in [6.07, 6.45) is 1.84. The van der Waals surface area contributed by atoms with E-state index in [1.807, 2.05) is 60.7 Å². The van der Waals surface area contributed by atoms with E-state index in [-0.39, 0.29) is 19.0 Å². The molecule has 0 atom stereocenters. The Hall–Kier alpha value is -3.28. The Balaban J connectivity index is 1.62. The summed E-state index contributed by atoms with van der Waals surface area (Å²) in [5, 5.41) is 1.49. The predicted octanol–water partition coefficient (Wildman–Crippen LogP) is 5.90. The van der Waals surface area contributed by atoms with Gasteiger partial charge in [0.15, 0.2) is 0 Å². The van der Waals surface area contributed by atoms with E-state index in [0.717, 1.165) is 38.8 Å². The van der Waals surface area contributed by atoms with Crippen LogP contribution in [0.15, 0.2) is 71.3 Å². The number of hydrogen-bond donors (Lipinski definition) is 1. The summed E-state index contributed by atoms with van der Waals surface area (Å²) < 4.78 is 17.1. The van der Waals surface area contributed by atoms with E-state index in [0.29, 0.717) is 23.9 Å². The maximum Gasteiger partial charge on any atom is 0.310 e. The third-order valence-electron chi connectivity index (χ3n) is 5.19. The first-order valence-electron chi connectivity index (χ1n) is 10.4. The van der Waals surface area contributed by atoms with E-state index in [1.54, 1.807) is 13.2 Å². The molecule has 0 unspecified atom stereocenters. The molecule has 6 heteroatoms. The van der Waals surface area contributed by atoms with Gasteiger partial charge in [0.25, 0.3) is 0 Å². The van der Waals surface area contributed by atoms with Crippen LogP contribution in [0.25, 0.3) is 22.1 Å². The standard InChI is InChI=1S/C26H24ClNO4/c1-2-30-25(29)11-19-7-3-4-9-24(19)31-15-20-16-32-26-22(12-21(27)13-23(20)26)18-8-5-6-17(10-18)14-28/h3-10,12-13,16H,2,11,14-15,28H2,1H3. The van der Waals surface area contributed by atoms with Gasteiger partial charge in [-0.15, -0.1) is 0 Å². The van der Waals surface area contributed by atoms with Gasteiger partial charge in [0, 0.05) is 33.6 Å². The molecule has 1 heterocycles. The van der Waals surface area contributed by atoms with Gasteiger partial charge in [0.1, 0.15) is 17.9 Å². The van der Waals surface area contributed by atoms with Gasteiger partial charge in [-0.3, -0.25) is 4.79 Å². The highest BCUT2D eigenvalue weighted by Crippen LogP contribution is 2.35. The Morgan fingerprint density at radius 1 is 1.06 bits per heavy atom. The summed E-state index contributed by atoms with van der Waals surface area (Å²) >= 11 is 6.45. The number of rotatable bonds is 8. The van der Waals surface area contributed by atoms with Crippen molar-refractivity contribution in [2.45, 2.75) is 26.5 Å². The van der Waals surface area contributed by atoms with Crippen molar-refractivity contribution in [3.63, 3.8) is 0 Å². The number of fused-ring (bicyclic) bond motifs is 1.